The summed E-state index contributed by atoms with van der Waals surface area (Å²) >= 11 is 0. The Morgan fingerprint density at radius 3 is 1.55 bits per heavy atom. The van der Waals surface area contributed by atoms with Gasteiger partial charge in [0, 0.05) is 0 Å². The van der Waals surface area contributed by atoms with Crippen molar-refractivity contribution in [3.05, 3.63) is 0 Å². The molecule has 0 aromatic carbocycles. The fourth-order valence-corrected chi connectivity index (χ4v) is 6.01. The maximum atomic E-state index is 13.4. The summed E-state index contributed by atoms with van der Waals surface area (Å²) in [5.74, 6) is 2.02. The lowest BCUT2D eigenvalue weighted by atomic mass is 9.54. The Balaban J connectivity index is 0. The molecule has 33 heavy (non-hydrogen) atoms. The van der Waals surface area contributed by atoms with E-state index in [9.17, 15) is 9.59 Å². The highest BCUT2D eigenvalue weighted by molar-refractivity contribution is 5.78. The molecule has 0 aliphatic heterocycles. The van der Waals surface area contributed by atoms with E-state index in [-0.39, 0.29) is 47.2 Å². The van der Waals surface area contributed by atoms with Crippen molar-refractivity contribution >= 4 is 11.9 Å². The molecule has 0 heterocycles. The minimum absolute atomic E-state index is 0. The molecular formula is C29H58O4. The van der Waals surface area contributed by atoms with Gasteiger partial charge < -0.3 is 9.47 Å². The van der Waals surface area contributed by atoms with E-state index in [2.05, 4.69) is 6.92 Å². The number of hydrogen-bond donors (Lipinski definition) is 0. The summed E-state index contributed by atoms with van der Waals surface area (Å²) in [6.07, 6.45) is 9.19. The van der Waals surface area contributed by atoms with Crippen LogP contribution in [0.25, 0.3) is 0 Å². The summed E-state index contributed by atoms with van der Waals surface area (Å²) in [5, 5.41) is 0. The van der Waals surface area contributed by atoms with Crippen molar-refractivity contribution < 1.29 is 19.1 Å². The number of rotatable bonds is 7. The molecule has 1 unspecified atom stereocenters. The molecule has 4 saturated carbocycles. The van der Waals surface area contributed by atoms with Crippen molar-refractivity contribution in [2.75, 3.05) is 0 Å². The molecule has 0 N–H and O–H groups in total. The van der Waals surface area contributed by atoms with Crippen molar-refractivity contribution in [2.45, 2.75) is 147 Å². The smallest absolute Gasteiger partial charge is 0.312 e. The molecule has 4 nitrogen and oxygen atoms in total. The molecule has 0 saturated heterocycles. The predicted octanol–water partition coefficient (Wildman–Crippen LogP) is 8.61. The van der Waals surface area contributed by atoms with Crippen molar-refractivity contribution in [3.63, 3.8) is 0 Å². The van der Waals surface area contributed by atoms with Crippen LogP contribution in [0.15, 0.2) is 0 Å². The van der Waals surface area contributed by atoms with Crippen molar-refractivity contribution in [3.8, 4) is 0 Å². The Bertz CT molecular complexity index is 607. The Morgan fingerprint density at radius 1 is 0.758 bits per heavy atom. The van der Waals surface area contributed by atoms with Crippen molar-refractivity contribution in [1.29, 1.82) is 0 Å². The summed E-state index contributed by atoms with van der Waals surface area (Å²) in [6.45, 7) is 13.6. The summed E-state index contributed by atoms with van der Waals surface area (Å²) in [5.41, 5.74) is -1.88. The minimum Gasteiger partial charge on any atom is -0.460 e. The predicted molar refractivity (Wildman–Crippen MR) is 141 cm³/mol. The van der Waals surface area contributed by atoms with Crippen LogP contribution < -0.4 is 0 Å². The van der Waals surface area contributed by atoms with Gasteiger partial charge in [-0.1, -0.05) is 36.6 Å². The molecule has 0 aromatic rings. The van der Waals surface area contributed by atoms with Crippen molar-refractivity contribution in [1.82, 2.24) is 0 Å². The van der Waals surface area contributed by atoms with Gasteiger partial charge in [-0.05, 0) is 117 Å². The number of carbonyl (C=O) groups excluding carboxylic acids is 2. The van der Waals surface area contributed by atoms with Gasteiger partial charge in [-0.2, -0.15) is 0 Å². The first-order valence-electron chi connectivity index (χ1n) is 11.7. The van der Waals surface area contributed by atoms with Gasteiger partial charge in [-0.15, -0.1) is 0 Å². The van der Waals surface area contributed by atoms with Crippen LogP contribution in [0.2, 0.25) is 0 Å². The van der Waals surface area contributed by atoms with E-state index in [4.69, 9.17) is 9.47 Å². The van der Waals surface area contributed by atoms with E-state index >= 15 is 0 Å². The standard InChI is InChI=1S/C25H42O4.4CH4/c1-8-24(7,10-9-23(5,6)20(26)28-22(2,3)4)21(27)29-25-14-17-11-18(15-25)13-19(12-17)16-25;;;;/h17-19H,8-16H2,1-7H3;4*1H4. The lowest BCUT2D eigenvalue weighted by Gasteiger charge is -2.56. The summed E-state index contributed by atoms with van der Waals surface area (Å²) < 4.78 is 12.0. The highest BCUT2D eigenvalue weighted by atomic mass is 16.6. The SMILES string of the molecule is C.C.C.C.CCC(C)(CCC(C)(C)C(=O)OC(C)(C)C)C(=O)OC12CC3CC(CC(C3)C1)C2. The summed E-state index contributed by atoms with van der Waals surface area (Å²) in [4.78, 5) is 26.0. The summed E-state index contributed by atoms with van der Waals surface area (Å²) in [7, 11) is 0. The maximum Gasteiger partial charge on any atom is 0.312 e. The van der Waals surface area contributed by atoms with Gasteiger partial charge in [0.15, 0.2) is 0 Å². The molecule has 198 valence electrons. The van der Waals surface area contributed by atoms with E-state index in [0.717, 1.165) is 43.4 Å². The van der Waals surface area contributed by atoms with Gasteiger partial charge in [0.25, 0.3) is 0 Å². The zero-order valence-electron chi connectivity index (χ0n) is 19.7. The molecule has 4 aliphatic rings. The Kier molecular flexibility index (Phi) is 12.0. The first-order chi connectivity index (χ1) is 13.3. The van der Waals surface area contributed by atoms with Crippen LogP contribution in [0.5, 0.6) is 0 Å². The van der Waals surface area contributed by atoms with Gasteiger partial charge in [0.05, 0.1) is 10.8 Å². The third kappa shape index (κ3) is 7.72. The van der Waals surface area contributed by atoms with Gasteiger partial charge in [-0.3, -0.25) is 9.59 Å². The lowest BCUT2D eigenvalue weighted by Crippen LogP contribution is -2.54. The highest BCUT2D eigenvalue weighted by Gasteiger charge is 2.54. The van der Waals surface area contributed by atoms with Crippen LogP contribution >= 0.6 is 0 Å². The molecule has 0 radical (unpaired) electrons. The molecule has 0 amide bonds. The molecule has 4 fully saturated rings. The first-order valence-corrected chi connectivity index (χ1v) is 11.7. The van der Waals surface area contributed by atoms with Gasteiger partial charge >= 0.3 is 11.9 Å². The van der Waals surface area contributed by atoms with E-state index in [1.54, 1.807) is 0 Å². The number of hydrogen-bond acceptors (Lipinski definition) is 4. The monoisotopic (exact) mass is 470 g/mol. The molecule has 0 aromatic heterocycles. The largest absolute Gasteiger partial charge is 0.460 e. The highest BCUT2D eigenvalue weighted by Crippen LogP contribution is 2.57. The Morgan fingerprint density at radius 2 is 1.18 bits per heavy atom. The van der Waals surface area contributed by atoms with Crippen LogP contribution in [-0.4, -0.2) is 23.1 Å². The second-order valence-electron chi connectivity index (χ2n) is 12.3. The lowest BCUT2D eigenvalue weighted by molar-refractivity contribution is -0.198. The molecular weight excluding hydrogens is 412 g/mol. The zero-order valence-corrected chi connectivity index (χ0v) is 19.7. The van der Waals surface area contributed by atoms with Crippen LogP contribution in [0.4, 0.5) is 0 Å². The van der Waals surface area contributed by atoms with Gasteiger partial charge in [0.1, 0.15) is 11.2 Å². The van der Waals surface area contributed by atoms with Crippen LogP contribution in [0, 0.1) is 28.6 Å². The maximum absolute atomic E-state index is 13.4. The third-order valence-corrected chi connectivity index (χ3v) is 7.82. The quantitative estimate of drug-likeness (QED) is 0.349. The number of ether oxygens (including phenoxy) is 2. The molecule has 4 bridgehead atoms. The molecule has 0 spiro atoms. The van der Waals surface area contributed by atoms with Gasteiger partial charge in [-0.25, -0.2) is 0 Å². The fourth-order valence-electron chi connectivity index (χ4n) is 6.01. The molecule has 4 rings (SSSR count). The topological polar surface area (TPSA) is 52.6 Å². The third-order valence-electron chi connectivity index (χ3n) is 7.82. The summed E-state index contributed by atoms with van der Waals surface area (Å²) in [6, 6.07) is 0. The Hall–Kier alpha value is -1.06. The second kappa shape index (κ2) is 11.6. The van der Waals surface area contributed by atoms with E-state index < -0.39 is 16.4 Å². The molecule has 4 heteroatoms. The van der Waals surface area contributed by atoms with Gasteiger partial charge in [0.2, 0.25) is 0 Å². The normalized spacial score (nSPS) is 29.2. The average Bonchev–Trinajstić information content (AvgIpc) is 2.56. The number of carbonyl (C=O) groups is 2. The van der Waals surface area contributed by atoms with E-state index in [1.807, 2.05) is 41.5 Å². The van der Waals surface area contributed by atoms with E-state index in [1.165, 1.54) is 19.3 Å². The van der Waals surface area contributed by atoms with E-state index in [0.29, 0.717) is 12.8 Å². The van der Waals surface area contributed by atoms with Crippen molar-refractivity contribution in [2.24, 2.45) is 28.6 Å². The first kappa shape index (κ1) is 34.1. The second-order valence-corrected chi connectivity index (χ2v) is 12.3. The average molecular weight is 471 g/mol. The van der Waals surface area contributed by atoms with Crippen LogP contribution in [-0.2, 0) is 19.1 Å². The number of esters is 2. The van der Waals surface area contributed by atoms with Crippen LogP contribution in [0.3, 0.4) is 0 Å². The fraction of sp³-hybridized carbons (Fsp3) is 0.931. The Labute approximate surface area is 207 Å². The zero-order chi connectivity index (χ0) is 21.7. The molecule has 4 aliphatic carbocycles. The minimum atomic E-state index is -0.620. The van der Waals surface area contributed by atoms with Crippen LogP contribution in [0.1, 0.15) is 136 Å². The molecule has 1 atom stereocenters.